The maximum atomic E-state index is 11.4. The molecule has 2 amide bonds. The molecule has 1 heterocycles. The van der Waals surface area contributed by atoms with Crippen LogP contribution in [0.3, 0.4) is 0 Å². The molecule has 0 unspecified atom stereocenters. The van der Waals surface area contributed by atoms with Crippen LogP contribution in [-0.2, 0) is 16.1 Å². The average molecular weight is 223 g/mol. The van der Waals surface area contributed by atoms with Crippen molar-refractivity contribution in [1.82, 2.24) is 20.3 Å². The molecule has 7 nitrogen and oxygen atoms in total. The Bertz CT molecular complexity index is 410. The van der Waals surface area contributed by atoms with E-state index in [2.05, 4.69) is 20.9 Å². The third-order valence-electron chi connectivity index (χ3n) is 2.32. The molecule has 7 heteroatoms. The number of nitrogens with zero attached hydrogens (tertiary/aromatic N) is 3. The van der Waals surface area contributed by atoms with E-state index in [1.54, 1.807) is 7.05 Å². The smallest absolute Gasteiger partial charge is 0.241 e. The zero-order chi connectivity index (χ0) is 11.5. The molecule has 0 aliphatic heterocycles. The fraction of sp³-hybridized carbons (Fsp3) is 0.556. The van der Waals surface area contributed by atoms with Crippen molar-refractivity contribution in [2.24, 2.45) is 5.92 Å². The Morgan fingerprint density at radius 1 is 1.56 bits per heavy atom. The number of anilines is 1. The maximum absolute atomic E-state index is 11.4. The van der Waals surface area contributed by atoms with Gasteiger partial charge in [-0.15, -0.1) is 5.10 Å². The second kappa shape index (κ2) is 4.30. The number of hydrogen-bond acceptors (Lipinski definition) is 4. The van der Waals surface area contributed by atoms with Gasteiger partial charge >= 0.3 is 0 Å². The van der Waals surface area contributed by atoms with Gasteiger partial charge in [0.2, 0.25) is 11.8 Å². The van der Waals surface area contributed by atoms with Crippen LogP contribution < -0.4 is 10.6 Å². The van der Waals surface area contributed by atoms with Crippen molar-refractivity contribution >= 4 is 17.6 Å². The number of rotatable bonds is 4. The van der Waals surface area contributed by atoms with Crippen LogP contribution in [0.15, 0.2) is 6.20 Å². The lowest BCUT2D eigenvalue weighted by Crippen LogP contribution is -2.23. The third kappa shape index (κ3) is 2.56. The summed E-state index contributed by atoms with van der Waals surface area (Å²) in [6, 6.07) is 0. The Hall–Kier alpha value is -1.92. The first kappa shape index (κ1) is 10.6. The monoisotopic (exact) mass is 223 g/mol. The zero-order valence-corrected chi connectivity index (χ0v) is 8.93. The zero-order valence-electron chi connectivity index (χ0n) is 8.93. The lowest BCUT2D eigenvalue weighted by Gasteiger charge is -1.98. The van der Waals surface area contributed by atoms with Gasteiger partial charge in [0.25, 0.3) is 0 Å². The molecular weight excluding hydrogens is 210 g/mol. The largest absolute Gasteiger partial charge is 0.358 e. The van der Waals surface area contributed by atoms with E-state index in [0.717, 1.165) is 12.8 Å². The normalized spacial score (nSPS) is 14.6. The van der Waals surface area contributed by atoms with Gasteiger partial charge in [-0.3, -0.25) is 9.59 Å². The van der Waals surface area contributed by atoms with Crippen molar-refractivity contribution < 1.29 is 9.59 Å². The van der Waals surface area contributed by atoms with Crippen LogP contribution >= 0.6 is 0 Å². The van der Waals surface area contributed by atoms with Gasteiger partial charge < -0.3 is 10.6 Å². The summed E-state index contributed by atoms with van der Waals surface area (Å²) in [5, 5.41) is 12.6. The molecule has 1 saturated carbocycles. The number of carbonyl (C=O) groups excluding carboxylic acids is 2. The second-order valence-corrected chi connectivity index (χ2v) is 3.74. The van der Waals surface area contributed by atoms with Crippen molar-refractivity contribution in [1.29, 1.82) is 0 Å². The molecule has 0 saturated heterocycles. The van der Waals surface area contributed by atoms with E-state index in [1.165, 1.54) is 10.9 Å². The van der Waals surface area contributed by atoms with Gasteiger partial charge in [-0.1, -0.05) is 5.21 Å². The van der Waals surface area contributed by atoms with E-state index in [9.17, 15) is 9.59 Å². The van der Waals surface area contributed by atoms with E-state index in [0.29, 0.717) is 5.82 Å². The molecule has 0 bridgehead atoms. The van der Waals surface area contributed by atoms with Gasteiger partial charge in [-0.25, -0.2) is 4.68 Å². The van der Waals surface area contributed by atoms with Crippen LogP contribution in [0.5, 0.6) is 0 Å². The maximum Gasteiger partial charge on any atom is 0.241 e. The number of likely N-dealkylation sites (N-methyl/N-ethyl adjacent to an activating group) is 1. The molecule has 2 rings (SSSR count). The summed E-state index contributed by atoms with van der Waals surface area (Å²) in [4.78, 5) is 22.4. The number of aromatic nitrogens is 3. The van der Waals surface area contributed by atoms with Crippen molar-refractivity contribution in [2.45, 2.75) is 19.4 Å². The fourth-order valence-corrected chi connectivity index (χ4v) is 1.23. The molecule has 86 valence electrons. The average Bonchev–Trinajstić information content (AvgIpc) is 3.03. The Labute approximate surface area is 92.2 Å². The Morgan fingerprint density at radius 2 is 2.31 bits per heavy atom. The molecule has 1 fully saturated rings. The Balaban J connectivity index is 1.91. The first-order valence-electron chi connectivity index (χ1n) is 5.10. The van der Waals surface area contributed by atoms with E-state index in [-0.39, 0.29) is 24.3 Å². The highest BCUT2D eigenvalue weighted by molar-refractivity contribution is 5.93. The molecule has 1 aliphatic rings. The summed E-state index contributed by atoms with van der Waals surface area (Å²) >= 11 is 0. The predicted octanol–water partition coefficient (Wildman–Crippen LogP) is -0.627. The summed E-state index contributed by atoms with van der Waals surface area (Å²) in [7, 11) is 1.55. The van der Waals surface area contributed by atoms with Gasteiger partial charge in [0.1, 0.15) is 6.54 Å². The molecule has 0 spiro atoms. The summed E-state index contributed by atoms with van der Waals surface area (Å²) in [6.07, 6.45) is 3.42. The van der Waals surface area contributed by atoms with Crippen LogP contribution in [0, 0.1) is 5.92 Å². The summed E-state index contributed by atoms with van der Waals surface area (Å²) in [5.74, 6) is 0.335. The molecule has 2 N–H and O–H groups in total. The highest BCUT2D eigenvalue weighted by Crippen LogP contribution is 2.29. The van der Waals surface area contributed by atoms with E-state index >= 15 is 0 Å². The highest BCUT2D eigenvalue weighted by atomic mass is 16.2. The minimum Gasteiger partial charge on any atom is -0.358 e. The van der Waals surface area contributed by atoms with E-state index in [1.807, 2.05) is 0 Å². The van der Waals surface area contributed by atoms with Crippen molar-refractivity contribution in [3.63, 3.8) is 0 Å². The Kier molecular flexibility index (Phi) is 2.84. The molecule has 0 atom stereocenters. The van der Waals surface area contributed by atoms with Crippen LogP contribution in [0.1, 0.15) is 12.8 Å². The van der Waals surface area contributed by atoms with Gasteiger partial charge in [-0.05, 0) is 12.8 Å². The summed E-state index contributed by atoms with van der Waals surface area (Å²) < 4.78 is 1.38. The lowest BCUT2D eigenvalue weighted by molar-refractivity contribution is -0.121. The number of hydrogen-bond donors (Lipinski definition) is 2. The molecule has 1 aliphatic carbocycles. The predicted molar refractivity (Wildman–Crippen MR) is 55.4 cm³/mol. The molecule has 0 aromatic carbocycles. The minimum atomic E-state index is -0.162. The van der Waals surface area contributed by atoms with Gasteiger partial charge in [0.05, 0.1) is 6.20 Å². The lowest BCUT2D eigenvalue weighted by atomic mass is 10.4. The second-order valence-electron chi connectivity index (χ2n) is 3.74. The SMILES string of the molecule is CNC(=O)Cn1cc(NC(=O)C2CC2)nn1. The van der Waals surface area contributed by atoms with Gasteiger partial charge in [-0.2, -0.15) is 0 Å². The van der Waals surface area contributed by atoms with Crippen LogP contribution in [0.4, 0.5) is 5.82 Å². The van der Waals surface area contributed by atoms with Gasteiger partial charge in [0, 0.05) is 13.0 Å². The number of nitrogens with one attached hydrogen (secondary N) is 2. The quantitative estimate of drug-likeness (QED) is 0.711. The van der Waals surface area contributed by atoms with Crippen molar-refractivity contribution in [2.75, 3.05) is 12.4 Å². The Morgan fingerprint density at radius 3 is 2.94 bits per heavy atom. The van der Waals surface area contributed by atoms with Crippen molar-refractivity contribution in [3.8, 4) is 0 Å². The topological polar surface area (TPSA) is 88.9 Å². The van der Waals surface area contributed by atoms with Crippen molar-refractivity contribution in [3.05, 3.63) is 6.20 Å². The molecular formula is C9H13N5O2. The number of amides is 2. The van der Waals surface area contributed by atoms with E-state index in [4.69, 9.17) is 0 Å². The number of carbonyl (C=O) groups is 2. The first-order chi connectivity index (χ1) is 7.69. The molecule has 1 aromatic heterocycles. The standard InChI is InChI=1S/C9H13N5O2/c1-10-8(15)5-14-4-7(12-13-14)11-9(16)6-2-3-6/h4,6H,2-3,5H2,1H3,(H,10,15)(H,11,16). The molecule has 1 aromatic rings. The van der Waals surface area contributed by atoms with Crippen LogP contribution in [0.2, 0.25) is 0 Å². The summed E-state index contributed by atoms with van der Waals surface area (Å²) in [6.45, 7) is 0.1000. The van der Waals surface area contributed by atoms with E-state index < -0.39 is 0 Å². The molecule has 0 radical (unpaired) electrons. The third-order valence-corrected chi connectivity index (χ3v) is 2.32. The fourth-order valence-electron chi connectivity index (χ4n) is 1.23. The minimum absolute atomic E-state index is 0.0213. The first-order valence-corrected chi connectivity index (χ1v) is 5.10. The summed E-state index contributed by atoms with van der Waals surface area (Å²) in [5.41, 5.74) is 0. The highest BCUT2D eigenvalue weighted by Gasteiger charge is 2.30. The van der Waals surface area contributed by atoms with Crippen LogP contribution in [0.25, 0.3) is 0 Å². The molecule has 16 heavy (non-hydrogen) atoms. The van der Waals surface area contributed by atoms with Gasteiger partial charge in [0.15, 0.2) is 5.82 Å². The van der Waals surface area contributed by atoms with Crippen LogP contribution in [-0.4, -0.2) is 33.9 Å².